The van der Waals surface area contributed by atoms with E-state index < -0.39 is 25.6 Å². The number of hydrogen-bond donors (Lipinski definition) is 0. The third-order valence-electron chi connectivity index (χ3n) is 4.36. The largest absolute Gasteiger partial charge is 0.453 e. The minimum absolute atomic E-state index is 0.288. The number of hydrogen-bond acceptors (Lipinski definition) is 2. The molecule has 0 radical (unpaired) electrons. The maximum absolute atomic E-state index is 6.66. The van der Waals surface area contributed by atoms with Crippen molar-refractivity contribution in [3.63, 3.8) is 0 Å². The van der Waals surface area contributed by atoms with Gasteiger partial charge in [-0.3, -0.25) is 0 Å². The summed E-state index contributed by atoms with van der Waals surface area (Å²) in [4.78, 5) is 0. The Morgan fingerprint density at radius 1 is 1.15 bits per heavy atom. The predicted molar refractivity (Wildman–Crippen MR) is 101 cm³/mol. The van der Waals surface area contributed by atoms with E-state index in [0.29, 0.717) is 0 Å². The highest BCUT2D eigenvalue weighted by Crippen LogP contribution is 2.37. The fourth-order valence-corrected chi connectivity index (χ4v) is 11.4. The Hall–Kier alpha value is 0.311. The lowest BCUT2D eigenvalue weighted by atomic mass is 10.2. The second kappa shape index (κ2) is 7.54. The van der Waals surface area contributed by atoms with E-state index in [1.807, 2.05) is 0 Å². The molecule has 20 heavy (non-hydrogen) atoms. The molecule has 0 heterocycles. The summed E-state index contributed by atoms with van der Waals surface area (Å²) in [7, 11) is -4.25. The maximum atomic E-state index is 6.66. The molecule has 0 N–H and O–H groups in total. The molecule has 1 atom stereocenters. The Morgan fingerprint density at radius 3 is 1.95 bits per heavy atom. The third kappa shape index (κ3) is 6.39. The van der Waals surface area contributed by atoms with Crippen LogP contribution >= 0.6 is 0 Å². The van der Waals surface area contributed by atoms with Gasteiger partial charge in [-0.05, 0) is 31.1 Å². The Morgan fingerprint density at radius 2 is 1.65 bits per heavy atom. The number of rotatable bonds is 8. The van der Waals surface area contributed by atoms with Crippen molar-refractivity contribution in [1.29, 1.82) is 0 Å². The smallest absolute Gasteiger partial charge is 0.201 e. The van der Waals surface area contributed by atoms with Gasteiger partial charge in [-0.1, -0.05) is 53.0 Å². The van der Waals surface area contributed by atoms with Gasteiger partial charge in [-0.15, -0.1) is 6.58 Å². The lowest BCUT2D eigenvalue weighted by molar-refractivity contribution is 0.440. The molecule has 0 amide bonds. The molecule has 0 saturated heterocycles. The van der Waals surface area contributed by atoms with Crippen LogP contribution in [-0.4, -0.2) is 42.9 Å². The van der Waals surface area contributed by atoms with Crippen LogP contribution in [0.1, 0.15) is 34.1 Å². The molecule has 0 rings (SSSR count). The average molecular weight is 332 g/mol. The zero-order chi connectivity index (χ0) is 16.2. The first-order chi connectivity index (χ1) is 8.85. The summed E-state index contributed by atoms with van der Waals surface area (Å²) >= 11 is 0. The van der Waals surface area contributed by atoms with E-state index in [-0.39, 0.29) is 5.04 Å². The molecule has 0 aliphatic carbocycles. The predicted octanol–water partition coefficient (Wildman–Crippen LogP) is 4.54. The van der Waals surface area contributed by atoms with E-state index in [0.717, 1.165) is 6.17 Å². The SMILES string of the molecule is C=C[SiH](CN(CCC)[Si](C)(C)C)O[Si](C)(C)C(C)(C)C. The minimum Gasteiger partial charge on any atom is -0.453 e. The van der Waals surface area contributed by atoms with Crippen molar-refractivity contribution in [1.82, 2.24) is 4.57 Å². The van der Waals surface area contributed by atoms with E-state index in [1.54, 1.807) is 0 Å². The van der Waals surface area contributed by atoms with Crippen molar-refractivity contribution >= 4 is 25.6 Å². The van der Waals surface area contributed by atoms with Crippen molar-refractivity contribution in [2.75, 3.05) is 12.7 Å². The average Bonchev–Trinajstić information content (AvgIpc) is 2.24. The van der Waals surface area contributed by atoms with Gasteiger partial charge in [0.15, 0.2) is 8.32 Å². The fraction of sp³-hybridized carbons (Fsp3) is 0.867. The van der Waals surface area contributed by atoms with Gasteiger partial charge in [0.2, 0.25) is 9.04 Å². The van der Waals surface area contributed by atoms with E-state index in [1.165, 1.54) is 13.0 Å². The molecule has 0 aromatic carbocycles. The van der Waals surface area contributed by atoms with E-state index in [4.69, 9.17) is 4.12 Å². The lowest BCUT2D eigenvalue weighted by Gasteiger charge is -2.41. The standard InChI is InChI=1S/C15H37NOSi3/c1-11-13-16(19(6,7)8)14-18(12-2)17-20(9,10)15(3,4)5/h12,18H,2,11,13-14H2,1,3-10H3. The zero-order valence-electron chi connectivity index (χ0n) is 15.3. The molecule has 0 aliphatic rings. The normalized spacial score (nSPS) is 15.5. The minimum atomic E-state index is -1.66. The highest BCUT2D eigenvalue weighted by Gasteiger charge is 2.39. The monoisotopic (exact) mass is 331 g/mol. The van der Waals surface area contributed by atoms with Crippen molar-refractivity contribution in [3.8, 4) is 0 Å². The first-order valence-electron chi connectivity index (χ1n) is 7.90. The van der Waals surface area contributed by atoms with Crippen molar-refractivity contribution in [3.05, 3.63) is 12.3 Å². The molecule has 2 nitrogen and oxygen atoms in total. The second-order valence-corrected chi connectivity index (χ2v) is 20.6. The van der Waals surface area contributed by atoms with Gasteiger partial charge in [-0.25, -0.2) is 0 Å². The molecule has 120 valence electrons. The second-order valence-electron chi connectivity index (χ2n) is 8.27. The van der Waals surface area contributed by atoms with Crippen LogP contribution in [0.15, 0.2) is 12.3 Å². The summed E-state index contributed by atoms with van der Waals surface area (Å²) in [5, 5.41) is 0.288. The molecule has 0 saturated carbocycles. The molecule has 0 spiro atoms. The molecule has 0 bridgehead atoms. The summed E-state index contributed by atoms with van der Waals surface area (Å²) in [5.41, 5.74) is 2.14. The third-order valence-corrected chi connectivity index (χ3v) is 15.5. The Balaban J connectivity index is 4.89. The summed E-state index contributed by atoms with van der Waals surface area (Å²) in [6, 6.07) is 0. The van der Waals surface area contributed by atoms with Gasteiger partial charge >= 0.3 is 0 Å². The quantitative estimate of drug-likeness (QED) is 0.605. The zero-order valence-corrected chi connectivity index (χ0v) is 18.5. The highest BCUT2D eigenvalue weighted by atomic mass is 28.4. The van der Waals surface area contributed by atoms with Gasteiger partial charge in [0.25, 0.3) is 0 Å². The van der Waals surface area contributed by atoms with Crippen molar-refractivity contribution in [2.24, 2.45) is 0 Å². The first kappa shape index (κ1) is 20.3. The van der Waals surface area contributed by atoms with E-state index in [9.17, 15) is 0 Å². The van der Waals surface area contributed by atoms with Crippen LogP contribution in [-0.2, 0) is 4.12 Å². The molecular formula is C15H37NOSi3. The molecular weight excluding hydrogens is 294 g/mol. The van der Waals surface area contributed by atoms with Crippen LogP contribution in [0.25, 0.3) is 0 Å². The Kier molecular flexibility index (Phi) is 7.65. The Labute approximate surface area is 131 Å². The summed E-state index contributed by atoms with van der Waals surface area (Å²) < 4.78 is 9.37. The summed E-state index contributed by atoms with van der Waals surface area (Å²) in [5.74, 6) is 0. The Bertz CT molecular complexity index is 305. The molecule has 0 aliphatic heterocycles. The molecule has 1 unspecified atom stereocenters. The maximum Gasteiger partial charge on any atom is 0.201 e. The molecule has 0 aromatic heterocycles. The highest BCUT2D eigenvalue weighted by molar-refractivity contribution is 6.82. The van der Waals surface area contributed by atoms with Crippen molar-refractivity contribution in [2.45, 2.75) is 71.9 Å². The lowest BCUT2D eigenvalue weighted by Crippen LogP contribution is -2.54. The topological polar surface area (TPSA) is 12.5 Å². The summed E-state index contributed by atoms with van der Waals surface area (Å²) in [6.45, 7) is 26.5. The van der Waals surface area contributed by atoms with Gasteiger partial charge in [-0.2, -0.15) is 0 Å². The van der Waals surface area contributed by atoms with Crippen LogP contribution in [0.2, 0.25) is 37.8 Å². The molecule has 0 fully saturated rings. The van der Waals surface area contributed by atoms with Crippen LogP contribution < -0.4 is 0 Å². The molecule has 0 aromatic rings. The first-order valence-corrected chi connectivity index (χ1v) is 16.2. The van der Waals surface area contributed by atoms with Gasteiger partial charge < -0.3 is 8.68 Å². The number of nitrogens with zero attached hydrogens (tertiary/aromatic N) is 1. The van der Waals surface area contributed by atoms with Crippen molar-refractivity contribution < 1.29 is 4.12 Å². The van der Waals surface area contributed by atoms with Gasteiger partial charge in [0.1, 0.15) is 8.24 Å². The fourth-order valence-electron chi connectivity index (χ4n) is 1.90. The van der Waals surface area contributed by atoms with Crippen LogP contribution in [0.5, 0.6) is 0 Å². The van der Waals surface area contributed by atoms with Gasteiger partial charge in [0.05, 0.1) is 0 Å². The van der Waals surface area contributed by atoms with E-state index >= 15 is 0 Å². The summed E-state index contributed by atoms with van der Waals surface area (Å²) in [6.07, 6.45) is 2.36. The van der Waals surface area contributed by atoms with Crippen LogP contribution in [0, 0.1) is 0 Å². The van der Waals surface area contributed by atoms with E-state index in [2.05, 4.69) is 77.3 Å². The van der Waals surface area contributed by atoms with Crippen LogP contribution in [0.4, 0.5) is 0 Å². The molecule has 5 heteroatoms. The van der Waals surface area contributed by atoms with Gasteiger partial charge in [0, 0.05) is 6.17 Å². The van der Waals surface area contributed by atoms with Crippen LogP contribution in [0.3, 0.4) is 0 Å².